The van der Waals surface area contributed by atoms with Crippen molar-refractivity contribution < 1.29 is 4.79 Å². The second kappa shape index (κ2) is 2.98. The number of hydrogen-bond donors (Lipinski definition) is 0. The predicted molar refractivity (Wildman–Crippen MR) is 43.2 cm³/mol. The van der Waals surface area contributed by atoms with Crippen molar-refractivity contribution in [3.8, 4) is 0 Å². The molecule has 0 aliphatic carbocycles. The molecule has 0 saturated carbocycles. The molecule has 2 aromatic heterocycles. The van der Waals surface area contributed by atoms with E-state index in [1.807, 2.05) is 0 Å². The average molecular weight is 193 g/mol. The monoisotopic (exact) mass is 193 g/mol. The molecule has 0 aliphatic rings. The van der Waals surface area contributed by atoms with Gasteiger partial charge in [-0.3, -0.25) is 9.48 Å². The summed E-state index contributed by atoms with van der Waals surface area (Å²) in [5, 5.41) is 18.2. The van der Waals surface area contributed by atoms with Crippen LogP contribution in [0, 0.1) is 0 Å². The molecular formula is C6H7N7O. The lowest BCUT2D eigenvalue weighted by Crippen LogP contribution is -2.05. The summed E-state index contributed by atoms with van der Waals surface area (Å²) in [6.45, 7) is 0. The molecule has 0 radical (unpaired) electrons. The molecular weight excluding hydrogens is 186 g/mol. The van der Waals surface area contributed by atoms with Crippen molar-refractivity contribution in [3.05, 3.63) is 17.7 Å². The van der Waals surface area contributed by atoms with Gasteiger partial charge in [0.15, 0.2) is 5.69 Å². The van der Waals surface area contributed by atoms with Crippen molar-refractivity contribution in [2.75, 3.05) is 0 Å². The minimum absolute atomic E-state index is 0.0213. The van der Waals surface area contributed by atoms with E-state index in [1.54, 1.807) is 14.1 Å². The van der Waals surface area contributed by atoms with Gasteiger partial charge >= 0.3 is 0 Å². The zero-order valence-corrected chi connectivity index (χ0v) is 7.62. The fourth-order valence-electron chi connectivity index (χ4n) is 0.941. The Balaban J connectivity index is 2.33. The van der Waals surface area contributed by atoms with E-state index in [0.717, 1.165) is 0 Å². The van der Waals surface area contributed by atoms with Crippen molar-refractivity contribution >= 4 is 5.78 Å². The molecule has 0 spiro atoms. The Hall–Kier alpha value is -2.12. The Morgan fingerprint density at radius 1 is 1.29 bits per heavy atom. The Bertz CT molecular complexity index is 428. The first-order valence-electron chi connectivity index (χ1n) is 3.82. The molecule has 2 heterocycles. The summed E-state index contributed by atoms with van der Waals surface area (Å²) in [4.78, 5) is 12.8. The molecule has 0 N–H and O–H groups in total. The van der Waals surface area contributed by atoms with Crippen molar-refractivity contribution in [1.82, 2.24) is 35.2 Å². The Morgan fingerprint density at radius 2 is 2.07 bits per heavy atom. The molecule has 0 aliphatic heterocycles. The minimum atomic E-state index is -0.383. The van der Waals surface area contributed by atoms with Crippen LogP contribution in [0.15, 0.2) is 6.20 Å². The second-order valence-electron chi connectivity index (χ2n) is 2.71. The van der Waals surface area contributed by atoms with Gasteiger partial charge < -0.3 is 0 Å². The smallest absolute Gasteiger partial charge is 0.255 e. The van der Waals surface area contributed by atoms with E-state index in [-0.39, 0.29) is 17.3 Å². The molecule has 72 valence electrons. The highest BCUT2D eigenvalue weighted by atomic mass is 16.1. The van der Waals surface area contributed by atoms with Crippen molar-refractivity contribution in [2.24, 2.45) is 14.1 Å². The SMILES string of the molecule is Cn1cc(C(=O)c2nnn(C)n2)nn1. The standard InChI is InChI=1S/C6H7N7O/c1-12-3-4(7-10-12)5(14)6-8-11-13(2)9-6/h3H,1-2H3. The third kappa shape index (κ3) is 1.37. The van der Waals surface area contributed by atoms with Gasteiger partial charge in [-0.25, -0.2) is 0 Å². The summed E-state index contributed by atoms with van der Waals surface area (Å²) >= 11 is 0. The number of hydrogen-bond acceptors (Lipinski definition) is 6. The Labute approximate surface area is 78.5 Å². The topological polar surface area (TPSA) is 91.4 Å². The second-order valence-corrected chi connectivity index (χ2v) is 2.71. The molecule has 2 aromatic rings. The molecule has 0 fully saturated rings. The van der Waals surface area contributed by atoms with Crippen LogP contribution in [-0.4, -0.2) is 41.0 Å². The fourth-order valence-corrected chi connectivity index (χ4v) is 0.941. The lowest BCUT2D eigenvalue weighted by atomic mass is 10.3. The molecule has 0 aromatic carbocycles. The van der Waals surface area contributed by atoms with Crippen LogP contribution in [0.25, 0.3) is 0 Å². The van der Waals surface area contributed by atoms with E-state index < -0.39 is 0 Å². The lowest BCUT2D eigenvalue weighted by Gasteiger charge is -1.85. The number of carbonyl (C=O) groups excluding carboxylic acids is 1. The first-order valence-corrected chi connectivity index (χ1v) is 3.82. The predicted octanol–water partition coefficient (Wildman–Crippen LogP) is -1.43. The van der Waals surface area contributed by atoms with Gasteiger partial charge in [-0.1, -0.05) is 5.21 Å². The van der Waals surface area contributed by atoms with Crippen molar-refractivity contribution in [3.63, 3.8) is 0 Å². The molecule has 0 amide bonds. The molecule has 0 saturated heterocycles. The van der Waals surface area contributed by atoms with E-state index in [2.05, 4.69) is 25.7 Å². The largest absolute Gasteiger partial charge is 0.283 e. The van der Waals surface area contributed by atoms with Crippen LogP contribution in [0.5, 0.6) is 0 Å². The van der Waals surface area contributed by atoms with Crippen molar-refractivity contribution in [1.29, 1.82) is 0 Å². The minimum Gasteiger partial charge on any atom is -0.283 e. The molecule has 0 unspecified atom stereocenters. The van der Waals surface area contributed by atoms with Crippen LogP contribution >= 0.6 is 0 Å². The van der Waals surface area contributed by atoms with Gasteiger partial charge in [0.2, 0.25) is 5.82 Å². The highest BCUT2D eigenvalue weighted by Gasteiger charge is 2.17. The summed E-state index contributed by atoms with van der Waals surface area (Å²) < 4.78 is 1.43. The molecule has 8 heteroatoms. The van der Waals surface area contributed by atoms with Gasteiger partial charge in [0.05, 0.1) is 13.2 Å². The number of nitrogens with zero attached hydrogens (tertiary/aromatic N) is 7. The molecule has 0 bridgehead atoms. The quantitative estimate of drug-likeness (QED) is 0.543. The van der Waals surface area contributed by atoms with Gasteiger partial charge in [-0.05, 0) is 5.21 Å². The molecule has 2 rings (SSSR count). The number of rotatable bonds is 2. The maximum absolute atomic E-state index is 11.6. The summed E-state index contributed by atoms with van der Waals surface area (Å²) in [7, 11) is 3.26. The Kier molecular flexibility index (Phi) is 1.80. The van der Waals surface area contributed by atoms with Crippen molar-refractivity contribution in [2.45, 2.75) is 0 Å². The lowest BCUT2D eigenvalue weighted by molar-refractivity contribution is 0.102. The van der Waals surface area contributed by atoms with Crippen LogP contribution in [0.3, 0.4) is 0 Å². The third-order valence-corrected chi connectivity index (χ3v) is 1.55. The van der Waals surface area contributed by atoms with E-state index in [1.165, 1.54) is 15.7 Å². The number of tetrazole rings is 1. The van der Waals surface area contributed by atoms with Gasteiger partial charge in [0.25, 0.3) is 5.78 Å². The molecule has 0 atom stereocenters. The van der Waals surface area contributed by atoms with Gasteiger partial charge in [-0.2, -0.15) is 4.80 Å². The van der Waals surface area contributed by atoms with E-state index in [9.17, 15) is 4.79 Å². The number of aryl methyl sites for hydroxylation is 2. The van der Waals surface area contributed by atoms with E-state index in [0.29, 0.717) is 0 Å². The van der Waals surface area contributed by atoms with Gasteiger partial charge in [0.1, 0.15) is 0 Å². The number of aromatic nitrogens is 7. The average Bonchev–Trinajstić information content (AvgIpc) is 2.73. The van der Waals surface area contributed by atoms with Gasteiger partial charge in [-0.15, -0.1) is 15.3 Å². The zero-order valence-electron chi connectivity index (χ0n) is 7.62. The summed E-state index contributed by atoms with van der Waals surface area (Å²) in [5.74, 6) is -0.362. The maximum atomic E-state index is 11.6. The van der Waals surface area contributed by atoms with Crippen LogP contribution in [0.1, 0.15) is 16.3 Å². The summed E-state index contributed by atoms with van der Waals surface area (Å²) in [6, 6.07) is 0. The van der Waals surface area contributed by atoms with Crippen LogP contribution in [-0.2, 0) is 14.1 Å². The first-order chi connectivity index (χ1) is 6.66. The first kappa shape index (κ1) is 8.48. The number of ketones is 1. The fraction of sp³-hybridized carbons (Fsp3) is 0.333. The normalized spacial score (nSPS) is 10.4. The summed E-state index contributed by atoms with van der Waals surface area (Å²) in [5.41, 5.74) is 0.209. The molecule has 8 nitrogen and oxygen atoms in total. The zero-order chi connectivity index (χ0) is 10.1. The molecule has 14 heavy (non-hydrogen) atoms. The van der Waals surface area contributed by atoms with Gasteiger partial charge in [0, 0.05) is 7.05 Å². The van der Waals surface area contributed by atoms with E-state index >= 15 is 0 Å². The van der Waals surface area contributed by atoms with Crippen LogP contribution in [0.2, 0.25) is 0 Å². The third-order valence-electron chi connectivity index (χ3n) is 1.55. The van der Waals surface area contributed by atoms with Crippen LogP contribution in [0.4, 0.5) is 0 Å². The Morgan fingerprint density at radius 3 is 2.57 bits per heavy atom. The highest BCUT2D eigenvalue weighted by Crippen LogP contribution is 1.99. The summed E-state index contributed by atoms with van der Waals surface area (Å²) in [6.07, 6.45) is 1.50. The highest BCUT2D eigenvalue weighted by molar-refractivity contribution is 6.04. The number of carbonyl (C=O) groups is 1. The van der Waals surface area contributed by atoms with Crippen LogP contribution < -0.4 is 0 Å². The van der Waals surface area contributed by atoms with E-state index in [4.69, 9.17) is 0 Å². The maximum Gasteiger partial charge on any atom is 0.255 e.